The van der Waals surface area contributed by atoms with Crippen LogP contribution in [0.2, 0.25) is 0 Å². The predicted molar refractivity (Wildman–Crippen MR) is 61.0 cm³/mol. The Kier molecular flexibility index (Phi) is 2.20. The lowest BCUT2D eigenvalue weighted by atomic mass is 10.5. The average Bonchev–Trinajstić information content (AvgIpc) is 2.64. The first-order chi connectivity index (χ1) is 7.15. The lowest BCUT2D eigenvalue weighted by Gasteiger charge is -2.08. The van der Waals surface area contributed by atoms with Crippen LogP contribution in [0.5, 0.6) is 0 Å². The number of rotatable bonds is 3. The number of hydrogen-bond acceptors (Lipinski definition) is 4. The molecular formula is C9H15N5O. The van der Waals surface area contributed by atoms with Crippen LogP contribution >= 0.6 is 0 Å². The minimum atomic E-state index is 0.0570. The Labute approximate surface area is 87.0 Å². The summed E-state index contributed by atoms with van der Waals surface area (Å²) in [6.07, 6.45) is 0. The van der Waals surface area contributed by atoms with Crippen molar-refractivity contribution in [1.82, 2.24) is 9.24 Å². The summed E-state index contributed by atoms with van der Waals surface area (Å²) in [6, 6.07) is 3.69. The first-order valence-electron chi connectivity index (χ1n) is 4.72. The number of aromatic nitrogens is 2. The fraction of sp³-hybridized carbons (Fsp3) is 0.333. The molecule has 0 unspecified atom stereocenters. The van der Waals surface area contributed by atoms with Crippen molar-refractivity contribution in [2.75, 3.05) is 30.0 Å². The number of aryl methyl sites for hydroxylation is 1. The van der Waals surface area contributed by atoms with Gasteiger partial charge >= 0.3 is 0 Å². The lowest BCUT2D eigenvalue weighted by molar-refractivity contribution is 0.307. The molecule has 0 amide bonds. The van der Waals surface area contributed by atoms with Crippen molar-refractivity contribution in [2.45, 2.75) is 0 Å². The Morgan fingerprint density at radius 3 is 2.60 bits per heavy atom. The molecule has 0 aliphatic rings. The number of nitrogen functional groups attached to an aromatic ring is 2. The topological polar surface area (TPSA) is 94.2 Å². The van der Waals surface area contributed by atoms with Crippen LogP contribution in [0.25, 0.3) is 11.0 Å². The summed E-state index contributed by atoms with van der Waals surface area (Å²) >= 11 is 0. The van der Waals surface area contributed by atoms with Crippen LogP contribution in [0.15, 0.2) is 12.1 Å². The summed E-state index contributed by atoms with van der Waals surface area (Å²) in [5.41, 5.74) is 16.5. The quantitative estimate of drug-likeness (QED) is 0.557. The van der Waals surface area contributed by atoms with Gasteiger partial charge in [0.1, 0.15) is 11.6 Å². The lowest BCUT2D eigenvalue weighted by Crippen LogP contribution is -2.19. The maximum atomic E-state index is 8.74. The zero-order valence-electron chi connectivity index (χ0n) is 8.57. The average molecular weight is 209 g/mol. The van der Waals surface area contributed by atoms with Gasteiger partial charge in [-0.2, -0.15) is 0 Å². The standard InChI is InChI=1S/C9H15N5O/c1-13-6-4-9(11)14(12-2-3-15)7(6)5-8(13)10/h4-5,12,15H,2-3,10-11H2,1H3. The van der Waals surface area contributed by atoms with Crippen LogP contribution in [0.1, 0.15) is 0 Å². The third-order valence-corrected chi connectivity index (χ3v) is 2.46. The summed E-state index contributed by atoms with van der Waals surface area (Å²) in [7, 11) is 1.88. The number of nitrogens with two attached hydrogens (primary N) is 2. The monoisotopic (exact) mass is 209 g/mol. The molecule has 0 fully saturated rings. The molecular weight excluding hydrogens is 194 g/mol. The third kappa shape index (κ3) is 1.39. The Bertz CT molecular complexity index is 484. The molecule has 6 heteroatoms. The Morgan fingerprint density at radius 1 is 1.27 bits per heavy atom. The molecule has 2 aromatic rings. The van der Waals surface area contributed by atoms with E-state index in [4.69, 9.17) is 16.6 Å². The first kappa shape index (κ1) is 9.72. The van der Waals surface area contributed by atoms with Gasteiger partial charge in [-0.3, -0.25) is 0 Å². The van der Waals surface area contributed by atoms with E-state index in [0.717, 1.165) is 11.0 Å². The highest BCUT2D eigenvalue weighted by atomic mass is 16.3. The molecule has 0 atom stereocenters. The number of hydrogen-bond donors (Lipinski definition) is 4. The Hall–Kier alpha value is -1.82. The van der Waals surface area contributed by atoms with E-state index in [1.165, 1.54) is 0 Å². The third-order valence-electron chi connectivity index (χ3n) is 2.46. The van der Waals surface area contributed by atoms with E-state index < -0.39 is 0 Å². The molecule has 0 aromatic carbocycles. The number of nitrogens with one attached hydrogen (secondary N) is 1. The molecule has 0 spiro atoms. The van der Waals surface area contributed by atoms with E-state index in [1.807, 2.05) is 23.7 Å². The van der Waals surface area contributed by atoms with Gasteiger partial charge in [-0.15, -0.1) is 0 Å². The number of anilines is 2. The van der Waals surface area contributed by atoms with Gasteiger partial charge in [0.25, 0.3) is 0 Å². The Balaban J connectivity index is 2.52. The fourth-order valence-corrected chi connectivity index (χ4v) is 1.65. The van der Waals surface area contributed by atoms with Crippen LogP contribution < -0.4 is 16.9 Å². The summed E-state index contributed by atoms with van der Waals surface area (Å²) in [5.74, 6) is 1.28. The predicted octanol–water partition coefficient (Wildman–Crippen LogP) is -0.320. The highest BCUT2D eigenvalue weighted by Gasteiger charge is 2.10. The second kappa shape index (κ2) is 3.39. The highest BCUT2D eigenvalue weighted by molar-refractivity contribution is 5.86. The molecule has 0 saturated heterocycles. The molecule has 0 radical (unpaired) electrons. The number of nitrogens with zero attached hydrogens (tertiary/aromatic N) is 2. The smallest absolute Gasteiger partial charge is 0.125 e. The van der Waals surface area contributed by atoms with Gasteiger partial charge in [0.15, 0.2) is 0 Å². The zero-order chi connectivity index (χ0) is 11.0. The summed E-state index contributed by atoms with van der Waals surface area (Å²) in [5, 5.41) is 8.74. The van der Waals surface area contributed by atoms with E-state index in [2.05, 4.69) is 5.43 Å². The Morgan fingerprint density at radius 2 is 1.93 bits per heavy atom. The van der Waals surface area contributed by atoms with Crippen LogP contribution in [0, 0.1) is 0 Å². The number of aliphatic hydroxyl groups is 1. The van der Waals surface area contributed by atoms with Crippen molar-refractivity contribution in [3.63, 3.8) is 0 Å². The van der Waals surface area contributed by atoms with E-state index in [1.54, 1.807) is 4.68 Å². The molecule has 6 nitrogen and oxygen atoms in total. The maximum absolute atomic E-state index is 8.74. The molecule has 6 N–H and O–H groups in total. The van der Waals surface area contributed by atoms with Gasteiger partial charge < -0.3 is 26.6 Å². The normalized spacial score (nSPS) is 11.1. The number of fused-ring (bicyclic) bond motifs is 1. The van der Waals surface area contributed by atoms with Gasteiger partial charge in [-0.05, 0) is 0 Å². The molecule has 2 heterocycles. The highest BCUT2D eigenvalue weighted by Crippen LogP contribution is 2.24. The van der Waals surface area contributed by atoms with Gasteiger partial charge in [0.05, 0.1) is 24.2 Å². The van der Waals surface area contributed by atoms with Crippen LogP contribution in [-0.4, -0.2) is 27.5 Å². The SMILES string of the molecule is Cn1c(N)cc2c1cc(N)n2NCCO. The molecule has 82 valence electrons. The van der Waals surface area contributed by atoms with Crippen LogP contribution in [-0.2, 0) is 7.05 Å². The van der Waals surface area contributed by atoms with Crippen molar-refractivity contribution < 1.29 is 5.11 Å². The summed E-state index contributed by atoms with van der Waals surface area (Å²) in [6.45, 7) is 0.504. The summed E-state index contributed by atoms with van der Waals surface area (Å²) in [4.78, 5) is 0. The minimum Gasteiger partial charge on any atom is -0.394 e. The first-order valence-corrected chi connectivity index (χ1v) is 4.72. The molecule has 2 aromatic heterocycles. The molecule has 0 bridgehead atoms. The van der Waals surface area contributed by atoms with Gasteiger partial charge in [0.2, 0.25) is 0 Å². The van der Waals surface area contributed by atoms with Crippen LogP contribution in [0.4, 0.5) is 11.6 Å². The molecule has 2 rings (SSSR count). The molecule has 15 heavy (non-hydrogen) atoms. The largest absolute Gasteiger partial charge is 0.394 e. The van der Waals surface area contributed by atoms with E-state index in [0.29, 0.717) is 18.2 Å². The van der Waals surface area contributed by atoms with Crippen molar-refractivity contribution >= 4 is 22.7 Å². The fourth-order valence-electron chi connectivity index (χ4n) is 1.65. The van der Waals surface area contributed by atoms with Crippen molar-refractivity contribution in [3.05, 3.63) is 12.1 Å². The zero-order valence-corrected chi connectivity index (χ0v) is 8.57. The van der Waals surface area contributed by atoms with Crippen molar-refractivity contribution in [1.29, 1.82) is 0 Å². The second-order valence-corrected chi connectivity index (χ2v) is 3.44. The van der Waals surface area contributed by atoms with E-state index >= 15 is 0 Å². The van der Waals surface area contributed by atoms with Crippen molar-refractivity contribution in [3.8, 4) is 0 Å². The molecule has 0 aliphatic heterocycles. The molecule has 0 aliphatic carbocycles. The van der Waals surface area contributed by atoms with Gasteiger partial charge in [0, 0.05) is 19.2 Å². The maximum Gasteiger partial charge on any atom is 0.125 e. The summed E-state index contributed by atoms with van der Waals surface area (Å²) < 4.78 is 3.59. The van der Waals surface area contributed by atoms with Gasteiger partial charge in [-0.25, -0.2) is 4.68 Å². The van der Waals surface area contributed by atoms with Crippen molar-refractivity contribution in [2.24, 2.45) is 7.05 Å². The van der Waals surface area contributed by atoms with Gasteiger partial charge in [-0.1, -0.05) is 0 Å². The van der Waals surface area contributed by atoms with E-state index in [-0.39, 0.29) is 6.61 Å². The number of aliphatic hydroxyl groups excluding tert-OH is 1. The van der Waals surface area contributed by atoms with Crippen LogP contribution in [0.3, 0.4) is 0 Å². The minimum absolute atomic E-state index is 0.0570. The molecule has 0 saturated carbocycles. The second-order valence-electron chi connectivity index (χ2n) is 3.44. The van der Waals surface area contributed by atoms with E-state index in [9.17, 15) is 0 Å².